The molecule has 0 spiro atoms. The number of hydrogen-bond acceptors (Lipinski definition) is 5. The number of aliphatic hydroxyl groups is 2. The number of unbranched alkanes of at least 4 members (excludes halogenated alkanes) is 10. The quantitative estimate of drug-likeness (QED) is 0.161. The van der Waals surface area contributed by atoms with Gasteiger partial charge >= 0.3 is 11.9 Å². The fourth-order valence-electron chi connectivity index (χ4n) is 3.59. The molecule has 1 atom stereocenters. The monoisotopic (exact) mass is 431 g/mol. The van der Waals surface area contributed by atoms with E-state index in [1.807, 2.05) is 0 Å². The van der Waals surface area contributed by atoms with Crippen molar-refractivity contribution in [2.75, 3.05) is 26.2 Å². The zero-order valence-electron chi connectivity index (χ0n) is 19.2. The van der Waals surface area contributed by atoms with Crippen LogP contribution in [0.25, 0.3) is 0 Å². The van der Waals surface area contributed by atoms with Crippen molar-refractivity contribution in [3.63, 3.8) is 0 Å². The Bertz CT molecular complexity index is 443. The van der Waals surface area contributed by atoms with Crippen LogP contribution in [-0.4, -0.2) is 69.6 Å². The van der Waals surface area contributed by atoms with Gasteiger partial charge in [0.15, 0.2) is 5.41 Å². The minimum atomic E-state index is -1.71. The Balaban J connectivity index is 4.08. The molecule has 0 aromatic rings. The Morgan fingerprint density at radius 1 is 0.800 bits per heavy atom. The number of carboxylic acids is 2. The molecule has 0 rings (SSSR count). The van der Waals surface area contributed by atoms with Crippen molar-refractivity contribution in [2.45, 2.75) is 103 Å². The Hall–Kier alpha value is -1.18. The van der Waals surface area contributed by atoms with Gasteiger partial charge < -0.3 is 25.3 Å². The van der Waals surface area contributed by atoms with Gasteiger partial charge in [-0.2, -0.15) is 0 Å². The summed E-state index contributed by atoms with van der Waals surface area (Å²) in [5.74, 6) is -2.57. The first-order valence-electron chi connectivity index (χ1n) is 11.8. The molecule has 0 aliphatic heterocycles. The van der Waals surface area contributed by atoms with Gasteiger partial charge in [0.2, 0.25) is 0 Å². The number of carboxylic acid groups (broad SMARTS) is 2. The Morgan fingerprint density at radius 2 is 1.23 bits per heavy atom. The molecular formula is C23H45NO6. The number of rotatable bonds is 21. The summed E-state index contributed by atoms with van der Waals surface area (Å²) in [6.45, 7) is 5.43. The standard InChI is InChI=1S/C23H45NO6/c1-3-4-5-6-7-8-10-13-16-24(18-20(26)19-25)17-14-11-9-12-15-23(2,21(27)28)22(29)30/h20,25-26H,3-19H2,1-2H3,(H,27,28)(H,29,30). The molecule has 0 aromatic heterocycles. The van der Waals surface area contributed by atoms with Crippen molar-refractivity contribution < 1.29 is 30.0 Å². The van der Waals surface area contributed by atoms with E-state index in [1.54, 1.807) is 0 Å². The van der Waals surface area contributed by atoms with Gasteiger partial charge in [0.25, 0.3) is 0 Å². The van der Waals surface area contributed by atoms with Gasteiger partial charge in [-0.15, -0.1) is 0 Å². The van der Waals surface area contributed by atoms with Gasteiger partial charge in [-0.1, -0.05) is 71.1 Å². The molecule has 7 nitrogen and oxygen atoms in total. The van der Waals surface area contributed by atoms with Crippen LogP contribution in [0.1, 0.15) is 97.3 Å². The summed E-state index contributed by atoms with van der Waals surface area (Å²) in [7, 11) is 0. The third kappa shape index (κ3) is 13.2. The molecule has 0 amide bonds. The van der Waals surface area contributed by atoms with Gasteiger partial charge in [-0.25, -0.2) is 0 Å². The number of aliphatic hydroxyl groups excluding tert-OH is 2. The van der Waals surface area contributed by atoms with E-state index in [0.717, 1.165) is 38.8 Å². The van der Waals surface area contributed by atoms with Gasteiger partial charge in [0.05, 0.1) is 12.7 Å². The normalized spacial score (nSPS) is 13.0. The van der Waals surface area contributed by atoms with Gasteiger partial charge in [-0.3, -0.25) is 9.59 Å². The molecule has 1 unspecified atom stereocenters. The number of carbonyl (C=O) groups is 2. The molecule has 0 heterocycles. The zero-order valence-corrected chi connectivity index (χ0v) is 19.2. The molecule has 0 saturated heterocycles. The second-order valence-electron chi connectivity index (χ2n) is 8.72. The van der Waals surface area contributed by atoms with Crippen LogP contribution in [0.2, 0.25) is 0 Å². The molecule has 0 aliphatic carbocycles. The third-order valence-corrected chi connectivity index (χ3v) is 5.85. The summed E-state index contributed by atoms with van der Waals surface area (Å²) in [4.78, 5) is 24.6. The van der Waals surface area contributed by atoms with E-state index in [9.17, 15) is 14.7 Å². The highest BCUT2D eigenvalue weighted by atomic mass is 16.4. The Labute approximate surface area is 182 Å². The molecule has 4 N–H and O–H groups in total. The van der Waals surface area contributed by atoms with Crippen LogP contribution in [0.15, 0.2) is 0 Å². The maximum atomic E-state index is 11.2. The first-order chi connectivity index (χ1) is 14.3. The summed E-state index contributed by atoms with van der Waals surface area (Å²) in [6.07, 6.45) is 12.5. The maximum absolute atomic E-state index is 11.2. The van der Waals surface area contributed by atoms with Crippen LogP contribution in [0, 0.1) is 5.41 Å². The highest BCUT2D eigenvalue weighted by Gasteiger charge is 2.40. The van der Waals surface area contributed by atoms with Crippen LogP contribution < -0.4 is 0 Å². The minimum Gasteiger partial charge on any atom is -0.480 e. The van der Waals surface area contributed by atoms with Crippen LogP contribution in [0.3, 0.4) is 0 Å². The average molecular weight is 432 g/mol. The fraction of sp³-hybridized carbons (Fsp3) is 0.913. The van der Waals surface area contributed by atoms with Crippen LogP contribution in [0.4, 0.5) is 0 Å². The molecule has 0 saturated carbocycles. The highest BCUT2D eigenvalue weighted by Crippen LogP contribution is 2.25. The SMILES string of the molecule is CCCCCCCCCCN(CCCCCCC(C)(C(=O)O)C(=O)O)CC(O)CO. The van der Waals surface area contributed by atoms with Crippen molar-refractivity contribution in [1.82, 2.24) is 4.90 Å². The first-order valence-corrected chi connectivity index (χ1v) is 11.8. The van der Waals surface area contributed by atoms with E-state index in [4.69, 9.17) is 15.3 Å². The summed E-state index contributed by atoms with van der Waals surface area (Å²) >= 11 is 0. The summed E-state index contributed by atoms with van der Waals surface area (Å²) in [6, 6.07) is 0. The van der Waals surface area contributed by atoms with E-state index in [-0.39, 0.29) is 13.0 Å². The molecule has 7 heteroatoms. The molecule has 0 aromatic carbocycles. The van der Waals surface area contributed by atoms with Crippen molar-refractivity contribution in [1.29, 1.82) is 0 Å². The molecule has 0 radical (unpaired) electrons. The van der Waals surface area contributed by atoms with E-state index in [1.165, 1.54) is 51.9 Å². The summed E-state index contributed by atoms with van der Waals surface area (Å²) < 4.78 is 0. The smallest absolute Gasteiger partial charge is 0.320 e. The number of hydrogen-bond donors (Lipinski definition) is 4. The summed E-state index contributed by atoms with van der Waals surface area (Å²) in [5, 5.41) is 37.2. The van der Waals surface area contributed by atoms with Gasteiger partial charge in [-0.05, 0) is 39.3 Å². The van der Waals surface area contributed by atoms with Crippen molar-refractivity contribution in [3.8, 4) is 0 Å². The van der Waals surface area contributed by atoms with Crippen LogP contribution in [-0.2, 0) is 9.59 Å². The molecule has 30 heavy (non-hydrogen) atoms. The van der Waals surface area contributed by atoms with Crippen LogP contribution in [0.5, 0.6) is 0 Å². The van der Waals surface area contributed by atoms with Crippen LogP contribution >= 0.6 is 0 Å². The number of aliphatic carboxylic acids is 2. The third-order valence-electron chi connectivity index (χ3n) is 5.85. The van der Waals surface area contributed by atoms with E-state index in [2.05, 4.69) is 11.8 Å². The second-order valence-corrected chi connectivity index (χ2v) is 8.72. The molecule has 178 valence electrons. The van der Waals surface area contributed by atoms with Gasteiger partial charge in [0.1, 0.15) is 0 Å². The topological polar surface area (TPSA) is 118 Å². The predicted molar refractivity (Wildman–Crippen MR) is 119 cm³/mol. The maximum Gasteiger partial charge on any atom is 0.320 e. The van der Waals surface area contributed by atoms with Crippen molar-refractivity contribution >= 4 is 11.9 Å². The molecule has 0 fully saturated rings. The second kappa shape index (κ2) is 17.5. The molecular weight excluding hydrogens is 386 g/mol. The van der Waals surface area contributed by atoms with E-state index in [0.29, 0.717) is 13.0 Å². The van der Waals surface area contributed by atoms with E-state index < -0.39 is 23.5 Å². The largest absolute Gasteiger partial charge is 0.480 e. The first kappa shape index (κ1) is 28.8. The lowest BCUT2D eigenvalue weighted by Crippen LogP contribution is -2.36. The summed E-state index contributed by atoms with van der Waals surface area (Å²) in [5.41, 5.74) is -1.71. The molecule has 0 bridgehead atoms. The minimum absolute atomic E-state index is 0.128. The lowest BCUT2D eigenvalue weighted by atomic mass is 9.85. The number of nitrogens with zero attached hydrogens (tertiary/aromatic N) is 1. The lowest BCUT2D eigenvalue weighted by Gasteiger charge is -2.24. The lowest BCUT2D eigenvalue weighted by molar-refractivity contribution is -0.163. The Morgan fingerprint density at radius 3 is 1.67 bits per heavy atom. The fourth-order valence-corrected chi connectivity index (χ4v) is 3.59. The molecule has 0 aliphatic rings. The van der Waals surface area contributed by atoms with Crippen molar-refractivity contribution in [2.24, 2.45) is 5.41 Å². The predicted octanol–water partition coefficient (Wildman–Crippen LogP) is 3.91. The van der Waals surface area contributed by atoms with Gasteiger partial charge in [0, 0.05) is 6.54 Å². The highest BCUT2D eigenvalue weighted by molar-refractivity contribution is 5.97. The average Bonchev–Trinajstić information content (AvgIpc) is 2.71. The van der Waals surface area contributed by atoms with Crippen molar-refractivity contribution in [3.05, 3.63) is 0 Å². The van der Waals surface area contributed by atoms with E-state index >= 15 is 0 Å². The Kier molecular flexibility index (Phi) is 16.8. The zero-order chi connectivity index (χ0) is 22.8.